The highest BCUT2D eigenvalue weighted by Gasteiger charge is 2.38. The van der Waals surface area contributed by atoms with E-state index in [4.69, 9.17) is 22.9 Å². The zero-order valence-electron chi connectivity index (χ0n) is 36.8. The van der Waals surface area contributed by atoms with E-state index in [1.807, 2.05) is 0 Å². The molecule has 10 atom stereocenters. The lowest BCUT2D eigenvalue weighted by atomic mass is 9.62. The van der Waals surface area contributed by atoms with Gasteiger partial charge in [0, 0.05) is 24.2 Å². The minimum Gasteiger partial charge on any atom is -0.328 e. The van der Waals surface area contributed by atoms with Gasteiger partial charge in [-0.2, -0.15) is 0 Å². The summed E-state index contributed by atoms with van der Waals surface area (Å²) in [6.07, 6.45) is 33.2. The lowest BCUT2D eigenvalue weighted by Crippen LogP contribution is -2.41. The van der Waals surface area contributed by atoms with Crippen molar-refractivity contribution in [2.45, 2.75) is 241 Å². The highest BCUT2D eigenvalue weighted by atomic mass is 14.7. The third-order valence-corrected chi connectivity index (χ3v) is 15.9. The van der Waals surface area contributed by atoms with Crippen molar-refractivity contribution in [2.24, 2.45) is 87.0 Å². The minimum absolute atomic E-state index is 0.429. The third kappa shape index (κ3) is 16.9. The molecule has 4 heteroatoms. The largest absolute Gasteiger partial charge is 0.328 e. The SMILES string of the molecule is CC1CCC(CC2CCC(N)C(C)C2)CC1C.CC1CCC(CC2CCC(N)CC2)CC1.CC1CCCCC1N.CCC1(C)CC(N)CC(C)(C)C1. The summed E-state index contributed by atoms with van der Waals surface area (Å²) < 4.78 is 0. The normalized spacial score (nSPS) is 43.7. The van der Waals surface area contributed by atoms with Gasteiger partial charge in [0.15, 0.2) is 0 Å². The standard InChI is InChI=1S/C16H31N.C14H27N.C11H23N.C7H15N/c1-11-4-5-14(8-12(11)2)10-15-6-7-16(17)13(3)9-15;1-11-2-4-12(5-3-11)10-13-6-8-14(15)9-7-13;1-5-11(4)7-9(12)6-10(2,3)8-11;1-6-4-2-3-5-7(6)8/h11-16H,4-10,17H2,1-3H3;11-14H,2-10,15H2,1H3;9H,5-8,12H2,1-4H3;6-7H,2-5,8H2,1H3. The van der Waals surface area contributed by atoms with Gasteiger partial charge in [-0.3, -0.25) is 0 Å². The fourth-order valence-corrected chi connectivity index (χ4v) is 11.9. The maximum Gasteiger partial charge on any atom is 0.00647 e. The predicted octanol–water partition coefficient (Wildman–Crippen LogP) is 12.4. The smallest absolute Gasteiger partial charge is 0.00647 e. The molecular weight excluding hydrogens is 633 g/mol. The van der Waals surface area contributed by atoms with Gasteiger partial charge < -0.3 is 22.9 Å². The Kier molecular flexibility index (Phi) is 20.0. The molecular formula is C48H96N4. The van der Waals surface area contributed by atoms with Crippen molar-refractivity contribution in [1.29, 1.82) is 0 Å². The summed E-state index contributed by atoms with van der Waals surface area (Å²) in [4.78, 5) is 0. The molecule has 52 heavy (non-hydrogen) atoms. The molecule has 6 saturated carbocycles. The fourth-order valence-electron chi connectivity index (χ4n) is 11.9. The molecule has 0 radical (unpaired) electrons. The number of nitrogens with two attached hydrogens (primary N) is 4. The van der Waals surface area contributed by atoms with Crippen LogP contribution in [0.4, 0.5) is 0 Å². The molecule has 0 saturated heterocycles. The summed E-state index contributed by atoms with van der Waals surface area (Å²) >= 11 is 0. The van der Waals surface area contributed by atoms with Crippen molar-refractivity contribution in [3.63, 3.8) is 0 Å². The van der Waals surface area contributed by atoms with Gasteiger partial charge in [0.05, 0.1) is 0 Å². The van der Waals surface area contributed by atoms with Crippen LogP contribution < -0.4 is 22.9 Å². The number of hydrogen-bond donors (Lipinski definition) is 4. The zero-order valence-corrected chi connectivity index (χ0v) is 36.8. The molecule has 6 aliphatic rings. The van der Waals surface area contributed by atoms with Crippen LogP contribution in [0.5, 0.6) is 0 Å². The Hall–Kier alpha value is -0.160. The molecule has 10 unspecified atom stereocenters. The summed E-state index contributed by atoms with van der Waals surface area (Å²) in [5.74, 6) is 8.53. The first-order chi connectivity index (χ1) is 24.5. The van der Waals surface area contributed by atoms with Crippen LogP contribution in [0.1, 0.15) is 216 Å². The van der Waals surface area contributed by atoms with Gasteiger partial charge in [-0.05, 0) is 160 Å². The molecule has 6 rings (SSSR count). The van der Waals surface area contributed by atoms with Gasteiger partial charge >= 0.3 is 0 Å². The highest BCUT2D eigenvalue weighted by Crippen LogP contribution is 2.47. The van der Waals surface area contributed by atoms with Crippen molar-refractivity contribution in [2.75, 3.05) is 0 Å². The Labute approximate surface area is 326 Å². The summed E-state index contributed by atoms with van der Waals surface area (Å²) in [5, 5.41) is 0. The summed E-state index contributed by atoms with van der Waals surface area (Å²) in [7, 11) is 0. The molecule has 0 amide bonds. The van der Waals surface area contributed by atoms with E-state index in [0.29, 0.717) is 35.0 Å². The highest BCUT2D eigenvalue weighted by molar-refractivity contribution is 4.92. The van der Waals surface area contributed by atoms with E-state index < -0.39 is 0 Å². The Morgan fingerprint density at radius 1 is 0.462 bits per heavy atom. The van der Waals surface area contributed by atoms with Crippen LogP contribution in [-0.2, 0) is 0 Å². The Bertz CT molecular complexity index is 881. The van der Waals surface area contributed by atoms with Crippen LogP contribution in [0, 0.1) is 64.1 Å². The fraction of sp³-hybridized carbons (Fsp3) is 1.00. The van der Waals surface area contributed by atoms with Crippen molar-refractivity contribution in [1.82, 2.24) is 0 Å². The molecule has 0 heterocycles. The first kappa shape index (κ1) is 46.2. The summed E-state index contributed by atoms with van der Waals surface area (Å²) in [5.41, 5.74) is 24.9. The van der Waals surface area contributed by atoms with E-state index in [9.17, 15) is 0 Å². The maximum atomic E-state index is 6.11. The van der Waals surface area contributed by atoms with Crippen LogP contribution in [0.25, 0.3) is 0 Å². The Morgan fingerprint density at radius 2 is 0.962 bits per heavy atom. The van der Waals surface area contributed by atoms with Crippen molar-refractivity contribution in [3.05, 3.63) is 0 Å². The first-order valence-corrected chi connectivity index (χ1v) is 23.5. The lowest BCUT2D eigenvalue weighted by Gasteiger charge is -2.45. The second-order valence-electron chi connectivity index (χ2n) is 21.9. The molecule has 308 valence electrons. The van der Waals surface area contributed by atoms with Gasteiger partial charge in [0.25, 0.3) is 0 Å². The summed E-state index contributed by atoms with van der Waals surface area (Å²) in [6.45, 7) is 21.3. The van der Waals surface area contributed by atoms with Gasteiger partial charge in [0.1, 0.15) is 0 Å². The molecule has 0 aliphatic heterocycles. The van der Waals surface area contributed by atoms with Crippen LogP contribution in [0.3, 0.4) is 0 Å². The Balaban J connectivity index is 0.000000193. The number of hydrogen-bond acceptors (Lipinski definition) is 4. The van der Waals surface area contributed by atoms with Crippen LogP contribution in [0.2, 0.25) is 0 Å². The predicted molar refractivity (Wildman–Crippen MR) is 230 cm³/mol. The number of rotatable bonds is 5. The lowest BCUT2D eigenvalue weighted by molar-refractivity contribution is 0.0802. The van der Waals surface area contributed by atoms with Crippen molar-refractivity contribution in [3.8, 4) is 0 Å². The molecule has 0 bridgehead atoms. The maximum absolute atomic E-state index is 6.11. The van der Waals surface area contributed by atoms with Gasteiger partial charge in [-0.1, -0.05) is 120 Å². The molecule has 0 aromatic heterocycles. The van der Waals surface area contributed by atoms with Crippen LogP contribution >= 0.6 is 0 Å². The monoisotopic (exact) mass is 729 g/mol. The summed E-state index contributed by atoms with van der Waals surface area (Å²) in [6, 6.07) is 1.94. The van der Waals surface area contributed by atoms with Crippen LogP contribution in [0.15, 0.2) is 0 Å². The third-order valence-electron chi connectivity index (χ3n) is 15.9. The van der Waals surface area contributed by atoms with Crippen molar-refractivity contribution >= 4 is 0 Å². The Morgan fingerprint density at radius 3 is 1.46 bits per heavy atom. The zero-order chi connectivity index (χ0) is 38.5. The van der Waals surface area contributed by atoms with E-state index in [0.717, 1.165) is 53.3 Å². The molecule has 0 aromatic carbocycles. The quantitative estimate of drug-likeness (QED) is 0.226. The molecule has 0 aromatic rings. The minimum atomic E-state index is 0.429. The van der Waals surface area contributed by atoms with Crippen LogP contribution in [-0.4, -0.2) is 24.2 Å². The topological polar surface area (TPSA) is 104 Å². The van der Waals surface area contributed by atoms with E-state index in [2.05, 4.69) is 62.3 Å². The molecule has 6 fully saturated rings. The van der Waals surface area contributed by atoms with Gasteiger partial charge in [-0.25, -0.2) is 0 Å². The molecule has 0 spiro atoms. The van der Waals surface area contributed by atoms with E-state index in [-0.39, 0.29) is 0 Å². The van der Waals surface area contributed by atoms with E-state index >= 15 is 0 Å². The molecule has 4 nitrogen and oxygen atoms in total. The first-order valence-electron chi connectivity index (χ1n) is 23.5. The average Bonchev–Trinajstić information content (AvgIpc) is 3.08. The molecule has 8 N–H and O–H groups in total. The van der Waals surface area contributed by atoms with E-state index in [1.54, 1.807) is 0 Å². The van der Waals surface area contributed by atoms with E-state index in [1.165, 1.54) is 154 Å². The van der Waals surface area contributed by atoms with Gasteiger partial charge in [0.2, 0.25) is 0 Å². The second-order valence-corrected chi connectivity index (χ2v) is 21.9. The average molecular weight is 729 g/mol. The van der Waals surface area contributed by atoms with Gasteiger partial charge in [-0.15, -0.1) is 0 Å². The second kappa shape index (κ2) is 22.5. The van der Waals surface area contributed by atoms with Crippen molar-refractivity contribution < 1.29 is 0 Å². The molecule has 6 aliphatic carbocycles.